The van der Waals surface area contributed by atoms with Crippen molar-refractivity contribution in [2.24, 2.45) is 0 Å². The van der Waals surface area contributed by atoms with Crippen LogP contribution < -0.4 is 4.90 Å². The molecule has 0 saturated carbocycles. The number of piperazine rings is 1. The molecular weight excluding hydrogens is 390 g/mol. The normalized spacial score (nSPS) is 16.1. The van der Waals surface area contributed by atoms with Crippen molar-refractivity contribution in [3.05, 3.63) is 53.0 Å². The molecule has 0 unspecified atom stereocenters. The number of quaternary nitrogens is 1. The Morgan fingerprint density at radius 3 is 2.41 bits per heavy atom. The first-order valence-corrected chi connectivity index (χ1v) is 11.3. The molecule has 0 atom stereocenters. The van der Waals surface area contributed by atoms with Gasteiger partial charge in [0.15, 0.2) is 6.54 Å². The highest BCUT2D eigenvalue weighted by Crippen LogP contribution is 2.20. The zero-order valence-corrected chi connectivity index (χ0v) is 18.4. The van der Waals surface area contributed by atoms with Crippen LogP contribution in [0.3, 0.4) is 0 Å². The summed E-state index contributed by atoms with van der Waals surface area (Å²) in [5.41, 5.74) is 1.81. The van der Waals surface area contributed by atoms with Gasteiger partial charge < -0.3 is 14.2 Å². The third-order valence-corrected chi connectivity index (χ3v) is 7.45. The van der Waals surface area contributed by atoms with Gasteiger partial charge in [-0.15, -0.1) is 0 Å². The number of likely N-dealkylation sites (N-methyl/N-ethyl adjacent to an activating group) is 1. The number of hydrogen-bond acceptors (Lipinski definition) is 4. The number of benzene rings is 1. The highest BCUT2D eigenvalue weighted by atomic mass is 32.2. The molecule has 1 fully saturated rings. The standard InChI is InChI=1S/C21H29N3O4S/c1-16-5-8-20(17(2)13-16)29(26,27)24-11-9-23(10-12-24)15-21(25)22(4)14-19-7-6-18(3)28-19/h5-8,13H,9-12,14-15H2,1-4H3/p+1. The van der Waals surface area contributed by atoms with E-state index in [-0.39, 0.29) is 5.91 Å². The number of nitrogens with zero attached hydrogens (tertiary/aromatic N) is 2. The molecule has 1 aromatic heterocycles. The van der Waals surface area contributed by atoms with E-state index in [0.717, 1.165) is 27.5 Å². The number of carbonyl (C=O) groups is 1. The quantitative estimate of drug-likeness (QED) is 0.749. The fourth-order valence-corrected chi connectivity index (χ4v) is 5.34. The molecule has 1 aromatic carbocycles. The van der Waals surface area contributed by atoms with E-state index in [1.54, 1.807) is 18.0 Å². The highest BCUT2D eigenvalue weighted by molar-refractivity contribution is 7.89. The van der Waals surface area contributed by atoms with Gasteiger partial charge in [-0.05, 0) is 44.5 Å². The van der Waals surface area contributed by atoms with Crippen LogP contribution in [0.1, 0.15) is 22.6 Å². The monoisotopic (exact) mass is 420 g/mol. The second-order valence-corrected chi connectivity index (χ2v) is 9.77. The van der Waals surface area contributed by atoms with Crippen molar-refractivity contribution >= 4 is 15.9 Å². The van der Waals surface area contributed by atoms with Crippen molar-refractivity contribution in [2.45, 2.75) is 32.2 Å². The number of aryl methyl sites for hydroxylation is 3. The van der Waals surface area contributed by atoms with E-state index in [4.69, 9.17) is 4.42 Å². The average Bonchev–Trinajstić information content (AvgIpc) is 3.06. The molecular formula is C21H30N3O4S+. The van der Waals surface area contributed by atoms with Crippen LogP contribution in [0.25, 0.3) is 0 Å². The smallest absolute Gasteiger partial charge is 0.277 e. The summed E-state index contributed by atoms with van der Waals surface area (Å²) >= 11 is 0. The van der Waals surface area contributed by atoms with E-state index in [1.807, 2.05) is 45.0 Å². The Hall–Kier alpha value is -2.16. The van der Waals surface area contributed by atoms with Crippen LogP contribution in [0.2, 0.25) is 0 Å². The molecule has 1 amide bonds. The molecule has 0 spiro atoms. The van der Waals surface area contributed by atoms with Gasteiger partial charge in [-0.1, -0.05) is 17.7 Å². The molecule has 3 rings (SSSR count). The summed E-state index contributed by atoms with van der Waals surface area (Å²) in [6.07, 6.45) is 0. The number of amides is 1. The summed E-state index contributed by atoms with van der Waals surface area (Å²) < 4.78 is 33.1. The lowest BCUT2D eigenvalue weighted by Crippen LogP contribution is -3.15. The predicted molar refractivity (Wildman–Crippen MR) is 110 cm³/mol. The number of nitrogens with one attached hydrogen (secondary N) is 1. The van der Waals surface area contributed by atoms with E-state index in [9.17, 15) is 13.2 Å². The third kappa shape index (κ3) is 5.07. The molecule has 8 heteroatoms. The highest BCUT2D eigenvalue weighted by Gasteiger charge is 2.32. The first-order valence-electron chi connectivity index (χ1n) is 9.87. The van der Waals surface area contributed by atoms with E-state index in [0.29, 0.717) is 44.2 Å². The van der Waals surface area contributed by atoms with Gasteiger partial charge in [-0.2, -0.15) is 4.31 Å². The minimum Gasteiger partial charge on any atom is -0.464 e. The topological polar surface area (TPSA) is 75.3 Å². The Morgan fingerprint density at radius 1 is 1.14 bits per heavy atom. The summed E-state index contributed by atoms with van der Waals surface area (Å²) in [6.45, 7) is 8.51. The summed E-state index contributed by atoms with van der Waals surface area (Å²) in [5, 5.41) is 0. The van der Waals surface area contributed by atoms with Crippen molar-refractivity contribution < 1.29 is 22.5 Å². The predicted octanol–water partition coefficient (Wildman–Crippen LogP) is 0.753. The van der Waals surface area contributed by atoms with Gasteiger partial charge in [-0.25, -0.2) is 8.42 Å². The minimum atomic E-state index is -3.50. The lowest BCUT2D eigenvalue weighted by atomic mass is 10.2. The molecule has 158 valence electrons. The molecule has 29 heavy (non-hydrogen) atoms. The zero-order valence-electron chi connectivity index (χ0n) is 17.6. The first kappa shape index (κ1) is 21.5. The fourth-order valence-electron chi connectivity index (χ4n) is 3.69. The summed E-state index contributed by atoms with van der Waals surface area (Å²) in [6, 6.07) is 9.17. The van der Waals surface area contributed by atoms with Crippen LogP contribution in [0, 0.1) is 20.8 Å². The largest absolute Gasteiger partial charge is 0.464 e. The molecule has 1 aliphatic rings. The molecule has 1 N–H and O–H groups in total. The van der Waals surface area contributed by atoms with Crippen LogP contribution in [-0.4, -0.2) is 63.3 Å². The van der Waals surface area contributed by atoms with E-state index in [2.05, 4.69) is 0 Å². The van der Waals surface area contributed by atoms with Gasteiger partial charge in [0, 0.05) is 7.05 Å². The van der Waals surface area contributed by atoms with Gasteiger partial charge in [0.1, 0.15) is 11.5 Å². The summed E-state index contributed by atoms with van der Waals surface area (Å²) in [5.74, 6) is 1.62. The average molecular weight is 421 g/mol. The van der Waals surface area contributed by atoms with Gasteiger partial charge in [0.2, 0.25) is 10.0 Å². The summed E-state index contributed by atoms with van der Waals surface area (Å²) in [4.78, 5) is 15.7. The summed E-state index contributed by atoms with van der Waals surface area (Å²) in [7, 11) is -1.74. The molecule has 0 aliphatic carbocycles. The van der Waals surface area contributed by atoms with Crippen LogP contribution in [0.4, 0.5) is 0 Å². The maximum Gasteiger partial charge on any atom is 0.277 e. The maximum atomic E-state index is 13.0. The Bertz CT molecular complexity index is 976. The SMILES string of the molecule is Cc1ccc(S(=O)(=O)N2CC[NH+](CC(=O)N(C)Cc3ccc(C)o3)CC2)c(C)c1. The Balaban J connectivity index is 1.55. The molecule has 0 bridgehead atoms. The number of hydrogen-bond donors (Lipinski definition) is 1. The molecule has 2 heterocycles. The number of carbonyl (C=O) groups excluding carboxylic acids is 1. The van der Waals surface area contributed by atoms with Gasteiger partial charge in [-0.3, -0.25) is 4.79 Å². The van der Waals surface area contributed by atoms with Crippen LogP contribution in [0.5, 0.6) is 0 Å². The molecule has 7 nitrogen and oxygen atoms in total. The maximum absolute atomic E-state index is 13.0. The van der Waals surface area contributed by atoms with Crippen molar-refractivity contribution in [3.8, 4) is 0 Å². The van der Waals surface area contributed by atoms with Crippen LogP contribution >= 0.6 is 0 Å². The van der Waals surface area contributed by atoms with Crippen molar-refractivity contribution in [1.82, 2.24) is 9.21 Å². The molecule has 1 aliphatic heterocycles. The van der Waals surface area contributed by atoms with E-state index >= 15 is 0 Å². The number of furan rings is 1. The van der Waals surface area contributed by atoms with Crippen molar-refractivity contribution in [1.29, 1.82) is 0 Å². The molecule has 2 aromatic rings. The number of sulfonamides is 1. The second-order valence-electron chi connectivity index (χ2n) is 7.86. The van der Waals surface area contributed by atoms with Crippen LogP contribution in [0.15, 0.2) is 39.6 Å². The lowest BCUT2D eigenvalue weighted by molar-refractivity contribution is -0.896. The molecule has 1 saturated heterocycles. The minimum absolute atomic E-state index is 0.0275. The Morgan fingerprint density at radius 2 is 1.83 bits per heavy atom. The van der Waals surface area contributed by atoms with Crippen molar-refractivity contribution in [3.63, 3.8) is 0 Å². The lowest BCUT2D eigenvalue weighted by Gasteiger charge is -2.32. The second kappa shape index (κ2) is 8.69. The third-order valence-electron chi connectivity index (χ3n) is 5.39. The van der Waals surface area contributed by atoms with Gasteiger partial charge in [0.25, 0.3) is 5.91 Å². The van der Waals surface area contributed by atoms with Gasteiger partial charge in [0.05, 0.1) is 37.6 Å². The first-order chi connectivity index (χ1) is 13.7. The van der Waals surface area contributed by atoms with Gasteiger partial charge >= 0.3 is 0 Å². The number of rotatable bonds is 6. The fraction of sp³-hybridized carbons (Fsp3) is 0.476. The Labute approximate surface area is 172 Å². The van der Waals surface area contributed by atoms with Crippen LogP contribution in [-0.2, 0) is 21.4 Å². The molecule has 0 radical (unpaired) electrons. The zero-order chi connectivity index (χ0) is 21.2. The van der Waals surface area contributed by atoms with E-state index in [1.165, 1.54) is 4.31 Å². The van der Waals surface area contributed by atoms with Crippen molar-refractivity contribution in [2.75, 3.05) is 39.8 Å². The Kier molecular flexibility index (Phi) is 6.45. The van der Waals surface area contributed by atoms with E-state index < -0.39 is 10.0 Å².